The van der Waals surface area contributed by atoms with Crippen molar-refractivity contribution in [2.75, 3.05) is 26.7 Å². The quantitative estimate of drug-likeness (QED) is 0.871. The standard InChI is InChI=1S/C18H26N4O3/c1-4-14-19-12(2)13(16(24)20-14)10-15(23)22-9-7-18(11-22)6-5-8-21(3)17(18)25/h4-11H2,1-3H3,(H,19,20,24). The summed E-state index contributed by atoms with van der Waals surface area (Å²) in [6.45, 7) is 5.52. The molecule has 0 bridgehead atoms. The van der Waals surface area contributed by atoms with Crippen LogP contribution in [0.1, 0.15) is 43.3 Å². The van der Waals surface area contributed by atoms with Gasteiger partial charge in [-0.15, -0.1) is 0 Å². The lowest BCUT2D eigenvalue weighted by molar-refractivity contribution is -0.144. The maximum Gasteiger partial charge on any atom is 0.254 e. The first kappa shape index (κ1) is 17.6. The molecule has 2 amide bonds. The van der Waals surface area contributed by atoms with Crippen LogP contribution in [0.2, 0.25) is 0 Å². The number of carbonyl (C=O) groups excluding carboxylic acids is 2. The topological polar surface area (TPSA) is 86.4 Å². The first-order valence-corrected chi connectivity index (χ1v) is 8.98. The summed E-state index contributed by atoms with van der Waals surface area (Å²) in [5.74, 6) is 0.684. The van der Waals surface area contributed by atoms with Crippen LogP contribution in [-0.4, -0.2) is 58.3 Å². The van der Waals surface area contributed by atoms with Crippen LogP contribution in [0.4, 0.5) is 0 Å². The number of hydrogen-bond donors (Lipinski definition) is 1. The van der Waals surface area contributed by atoms with Gasteiger partial charge in [-0.05, 0) is 26.2 Å². The predicted octanol–water partition coefficient (Wildman–Crippen LogP) is 0.654. The number of piperidine rings is 1. The molecule has 2 aliphatic rings. The maximum absolute atomic E-state index is 12.7. The van der Waals surface area contributed by atoms with E-state index in [1.807, 2.05) is 14.0 Å². The van der Waals surface area contributed by atoms with E-state index in [9.17, 15) is 14.4 Å². The highest BCUT2D eigenvalue weighted by Gasteiger charge is 2.48. The SMILES string of the molecule is CCc1nc(C)c(CC(=O)N2CCC3(CCCN(C)C3=O)C2)c(=O)[nH]1. The lowest BCUT2D eigenvalue weighted by Gasteiger charge is -2.37. The highest BCUT2D eigenvalue weighted by molar-refractivity contribution is 5.86. The van der Waals surface area contributed by atoms with Crippen molar-refractivity contribution in [2.24, 2.45) is 5.41 Å². The van der Waals surface area contributed by atoms with E-state index in [0.29, 0.717) is 43.0 Å². The Morgan fingerprint density at radius 3 is 2.72 bits per heavy atom. The van der Waals surface area contributed by atoms with Crippen molar-refractivity contribution in [2.45, 2.75) is 46.0 Å². The van der Waals surface area contributed by atoms with Crippen molar-refractivity contribution in [3.63, 3.8) is 0 Å². The largest absolute Gasteiger partial charge is 0.345 e. The van der Waals surface area contributed by atoms with Gasteiger partial charge in [-0.3, -0.25) is 14.4 Å². The zero-order valence-electron chi connectivity index (χ0n) is 15.2. The fraction of sp³-hybridized carbons (Fsp3) is 0.667. The third-order valence-corrected chi connectivity index (χ3v) is 5.59. The minimum Gasteiger partial charge on any atom is -0.345 e. The Morgan fingerprint density at radius 1 is 1.28 bits per heavy atom. The third kappa shape index (κ3) is 3.19. The van der Waals surface area contributed by atoms with Crippen molar-refractivity contribution in [1.29, 1.82) is 0 Å². The van der Waals surface area contributed by atoms with Crippen molar-refractivity contribution in [3.05, 3.63) is 27.4 Å². The summed E-state index contributed by atoms with van der Waals surface area (Å²) < 4.78 is 0. The fourth-order valence-electron chi connectivity index (χ4n) is 4.04. The molecule has 0 aliphatic carbocycles. The Balaban J connectivity index is 1.73. The van der Waals surface area contributed by atoms with Gasteiger partial charge in [0.25, 0.3) is 5.56 Å². The molecule has 3 rings (SSSR count). The van der Waals surface area contributed by atoms with Crippen LogP contribution < -0.4 is 5.56 Å². The maximum atomic E-state index is 12.7. The summed E-state index contributed by atoms with van der Waals surface area (Å²) in [5.41, 5.74) is 0.376. The number of amides is 2. The number of carbonyl (C=O) groups is 2. The van der Waals surface area contributed by atoms with Crippen LogP contribution in [0, 0.1) is 12.3 Å². The average molecular weight is 346 g/mol. The van der Waals surface area contributed by atoms with E-state index in [4.69, 9.17) is 0 Å². The highest BCUT2D eigenvalue weighted by atomic mass is 16.2. The van der Waals surface area contributed by atoms with Gasteiger partial charge >= 0.3 is 0 Å². The molecule has 7 nitrogen and oxygen atoms in total. The zero-order valence-corrected chi connectivity index (χ0v) is 15.2. The fourth-order valence-corrected chi connectivity index (χ4v) is 4.04. The molecule has 0 saturated carbocycles. The molecular formula is C18H26N4O3. The van der Waals surface area contributed by atoms with Crippen LogP contribution in [0.15, 0.2) is 4.79 Å². The Kier molecular flexibility index (Phi) is 4.67. The number of nitrogens with one attached hydrogen (secondary N) is 1. The Bertz CT molecular complexity index is 757. The molecule has 1 spiro atoms. The van der Waals surface area contributed by atoms with Gasteiger partial charge in [0.05, 0.1) is 11.8 Å². The van der Waals surface area contributed by atoms with E-state index in [1.54, 1.807) is 16.7 Å². The van der Waals surface area contributed by atoms with Crippen molar-refractivity contribution < 1.29 is 9.59 Å². The lowest BCUT2D eigenvalue weighted by atomic mass is 9.78. The predicted molar refractivity (Wildman–Crippen MR) is 93.2 cm³/mol. The van der Waals surface area contributed by atoms with Crippen molar-refractivity contribution in [1.82, 2.24) is 19.8 Å². The molecular weight excluding hydrogens is 320 g/mol. The monoisotopic (exact) mass is 346 g/mol. The van der Waals surface area contributed by atoms with E-state index in [2.05, 4.69) is 9.97 Å². The number of nitrogens with zero attached hydrogens (tertiary/aromatic N) is 3. The smallest absolute Gasteiger partial charge is 0.254 e. The Morgan fingerprint density at radius 2 is 2.04 bits per heavy atom. The Labute approximate surface area is 147 Å². The number of H-pyrrole nitrogens is 1. The molecule has 1 aromatic rings. The molecule has 1 aromatic heterocycles. The van der Waals surface area contributed by atoms with Crippen LogP contribution in [0.25, 0.3) is 0 Å². The van der Waals surface area contributed by atoms with Gasteiger partial charge in [0.15, 0.2) is 0 Å². The molecule has 7 heteroatoms. The second kappa shape index (κ2) is 6.61. The van der Waals surface area contributed by atoms with Gasteiger partial charge in [0.2, 0.25) is 11.8 Å². The normalized spacial score (nSPS) is 23.6. The van der Waals surface area contributed by atoms with Gasteiger partial charge in [-0.2, -0.15) is 0 Å². The van der Waals surface area contributed by atoms with Gasteiger partial charge in [-0.1, -0.05) is 6.92 Å². The van der Waals surface area contributed by atoms with Crippen molar-refractivity contribution in [3.8, 4) is 0 Å². The van der Waals surface area contributed by atoms with E-state index in [-0.39, 0.29) is 23.8 Å². The van der Waals surface area contributed by atoms with Crippen LogP contribution in [-0.2, 0) is 22.4 Å². The first-order chi connectivity index (χ1) is 11.9. The number of aromatic amines is 1. The van der Waals surface area contributed by atoms with Crippen molar-refractivity contribution >= 4 is 11.8 Å². The number of likely N-dealkylation sites (tertiary alicyclic amines) is 2. The van der Waals surface area contributed by atoms with Crippen LogP contribution >= 0.6 is 0 Å². The summed E-state index contributed by atoms with van der Waals surface area (Å²) in [4.78, 5) is 48.1. The number of hydrogen-bond acceptors (Lipinski definition) is 4. The summed E-state index contributed by atoms with van der Waals surface area (Å²) in [5, 5.41) is 0. The lowest BCUT2D eigenvalue weighted by Crippen LogP contribution is -2.48. The summed E-state index contributed by atoms with van der Waals surface area (Å²) >= 11 is 0. The van der Waals surface area contributed by atoms with Crippen LogP contribution in [0.5, 0.6) is 0 Å². The molecule has 2 saturated heterocycles. The van der Waals surface area contributed by atoms with E-state index in [1.165, 1.54) is 0 Å². The van der Waals surface area contributed by atoms with E-state index in [0.717, 1.165) is 19.4 Å². The minimum atomic E-state index is -0.422. The molecule has 2 aliphatic heterocycles. The highest BCUT2D eigenvalue weighted by Crippen LogP contribution is 2.39. The molecule has 1 N–H and O–H groups in total. The van der Waals surface area contributed by atoms with E-state index < -0.39 is 5.41 Å². The average Bonchev–Trinajstić information content (AvgIpc) is 3.01. The third-order valence-electron chi connectivity index (χ3n) is 5.59. The van der Waals surface area contributed by atoms with Gasteiger partial charge in [-0.25, -0.2) is 4.98 Å². The molecule has 1 unspecified atom stereocenters. The Hall–Kier alpha value is -2.18. The first-order valence-electron chi connectivity index (χ1n) is 8.98. The van der Waals surface area contributed by atoms with Crippen LogP contribution in [0.3, 0.4) is 0 Å². The minimum absolute atomic E-state index is 0.0400. The van der Waals surface area contributed by atoms with Gasteiger partial charge in [0.1, 0.15) is 5.82 Å². The van der Waals surface area contributed by atoms with Gasteiger partial charge in [0, 0.05) is 44.4 Å². The molecule has 2 fully saturated rings. The second-order valence-corrected chi connectivity index (χ2v) is 7.28. The van der Waals surface area contributed by atoms with Gasteiger partial charge < -0.3 is 14.8 Å². The molecule has 136 valence electrons. The molecule has 3 heterocycles. The summed E-state index contributed by atoms with van der Waals surface area (Å²) in [7, 11) is 1.83. The number of aromatic nitrogens is 2. The number of rotatable bonds is 3. The molecule has 0 aromatic carbocycles. The number of aryl methyl sites for hydroxylation is 2. The zero-order chi connectivity index (χ0) is 18.2. The molecule has 25 heavy (non-hydrogen) atoms. The van der Waals surface area contributed by atoms with E-state index >= 15 is 0 Å². The molecule has 1 atom stereocenters. The second-order valence-electron chi connectivity index (χ2n) is 7.28. The molecule has 0 radical (unpaired) electrons. The summed E-state index contributed by atoms with van der Waals surface area (Å²) in [6.07, 6.45) is 3.22. The summed E-state index contributed by atoms with van der Waals surface area (Å²) in [6, 6.07) is 0.